The van der Waals surface area contributed by atoms with Crippen LogP contribution in [0.4, 0.5) is 5.88 Å². The zero-order chi connectivity index (χ0) is 14.7. The molecule has 0 aliphatic carbocycles. The monoisotopic (exact) mass is 280 g/mol. The van der Waals surface area contributed by atoms with Crippen molar-refractivity contribution in [2.45, 2.75) is 20.0 Å². The third-order valence-electron chi connectivity index (χ3n) is 2.18. The number of amidine groups is 1. The van der Waals surface area contributed by atoms with Crippen LogP contribution in [-0.4, -0.2) is 40.7 Å². The van der Waals surface area contributed by atoms with Gasteiger partial charge in [-0.15, -0.1) is 0 Å². The number of hydrazone groups is 1. The molecule has 0 spiro atoms. The molecule has 106 valence electrons. The normalized spacial score (nSPS) is 15.2. The highest BCUT2D eigenvalue weighted by atomic mass is 16.6. The molecule has 0 N–H and O–H groups in total. The Morgan fingerprint density at radius 2 is 2.35 bits per heavy atom. The zero-order valence-electron chi connectivity index (χ0n) is 10.8. The van der Waals surface area contributed by atoms with Crippen molar-refractivity contribution in [3.05, 3.63) is 28.0 Å². The molecule has 1 amide bonds. The molecule has 0 atom stereocenters. The molecule has 9 heteroatoms. The summed E-state index contributed by atoms with van der Waals surface area (Å²) in [5.41, 5.74) is 0. The molecule has 0 bridgehead atoms. The summed E-state index contributed by atoms with van der Waals surface area (Å²) in [5, 5.41) is 15.7. The fourth-order valence-electron chi connectivity index (χ4n) is 1.42. The molecule has 9 nitrogen and oxygen atoms in total. The summed E-state index contributed by atoms with van der Waals surface area (Å²) in [7, 11) is 0. The number of hydrogen-bond acceptors (Lipinski definition) is 7. The van der Waals surface area contributed by atoms with Gasteiger partial charge >= 0.3 is 11.9 Å². The molecule has 2 rings (SSSR count). The van der Waals surface area contributed by atoms with Crippen molar-refractivity contribution < 1.29 is 18.9 Å². The first kappa shape index (κ1) is 13.7. The molecule has 0 saturated carbocycles. The third-order valence-corrected chi connectivity index (χ3v) is 2.18. The van der Waals surface area contributed by atoms with Crippen LogP contribution in [0.15, 0.2) is 26.6 Å². The minimum absolute atomic E-state index is 0.0403. The van der Waals surface area contributed by atoms with Gasteiger partial charge in [-0.3, -0.25) is 14.9 Å². The second-order valence-corrected chi connectivity index (χ2v) is 4.19. The number of carbonyl (C=O) groups is 1. The largest absolute Gasteiger partial charge is 0.461 e. The molecule has 0 saturated heterocycles. The van der Waals surface area contributed by atoms with Gasteiger partial charge in [-0.05, 0) is 19.9 Å². The van der Waals surface area contributed by atoms with Crippen molar-refractivity contribution >= 4 is 24.0 Å². The van der Waals surface area contributed by atoms with Gasteiger partial charge in [-0.2, -0.15) is 10.1 Å². The van der Waals surface area contributed by atoms with Crippen LogP contribution in [0, 0.1) is 10.1 Å². The van der Waals surface area contributed by atoms with E-state index in [1.165, 1.54) is 23.4 Å². The lowest BCUT2D eigenvalue weighted by Gasteiger charge is -2.15. The quantitative estimate of drug-likeness (QED) is 0.464. The lowest BCUT2D eigenvalue weighted by atomic mass is 10.5. The standard InChI is InChI=1S/C11H12N4O5/c1-7(2)19-11-13-9(16)6-14(11)12-5-8-3-4-10(20-8)15(17)18/h3-5,7H,6H2,1-2H3/b12-5+. The molecule has 0 aromatic carbocycles. The molecule has 1 aromatic rings. The highest BCUT2D eigenvalue weighted by Gasteiger charge is 2.25. The summed E-state index contributed by atoms with van der Waals surface area (Å²) >= 11 is 0. The molecule has 20 heavy (non-hydrogen) atoms. The number of hydrogen-bond donors (Lipinski definition) is 0. The molecule has 2 heterocycles. The van der Waals surface area contributed by atoms with Crippen LogP contribution < -0.4 is 0 Å². The smallest absolute Gasteiger partial charge is 0.433 e. The minimum Gasteiger partial charge on any atom is -0.461 e. The summed E-state index contributed by atoms with van der Waals surface area (Å²) in [4.78, 5) is 24.8. The summed E-state index contributed by atoms with van der Waals surface area (Å²) in [6.45, 7) is 3.55. The van der Waals surface area contributed by atoms with Crippen LogP contribution >= 0.6 is 0 Å². The first-order valence-electron chi connectivity index (χ1n) is 5.79. The molecule has 0 unspecified atom stereocenters. The number of amides is 1. The summed E-state index contributed by atoms with van der Waals surface area (Å²) in [6, 6.07) is 2.72. The average molecular weight is 280 g/mol. The van der Waals surface area contributed by atoms with Gasteiger partial charge in [0.05, 0.1) is 18.4 Å². The van der Waals surface area contributed by atoms with Crippen LogP contribution in [0.1, 0.15) is 19.6 Å². The van der Waals surface area contributed by atoms with Crippen LogP contribution in [0.25, 0.3) is 0 Å². The predicted octanol–water partition coefficient (Wildman–Crippen LogP) is 1.14. The van der Waals surface area contributed by atoms with E-state index in [0.717, 1.165) is 0 Å². The van der Waals surface area contributed by atoms with E-state index in [9.17, 15) is 14.9 Å². The van der Waals surface area contributed by atoms with E-state index in [0.29, 0.717) is 0 Å². The number of ether oxygens (including phenoxy) is 1. The van der Waals surface area contributed by atoms with Crippen LogP contribution in [0.2, 0.25) is 0 Å². The predicted molar refractivity (Wildman–Crippen MR) is 68.3 cm³/mol. The van der Waals surface area contributed by atoms with Gasteiger partial charge in [0.15, 0.2) is 5.76 Å². The average Bonchev–Trinajstić information content (AvgIpc) is 2.93. The second kappa shape index (κ2) is 5.51. The van der Waals surface area contributed by atoms with Crippen LogP contribution in [0.5, 0.6) is 0 Å². The Morgan fingerprint density at radius 1 is 1.60 bits per heavy atom. The van der Waals surface area contributed by atoms with Crippen LogP contribution in [0.3, 0.4) is 0 Å². The number of carbonyl (C=O) groups excluding carboxylic acids is 1. The van der Waals surface area contributed by atoms with Gasteiger partial charge in [0.1, 0.15) is 11.5 Å². The fraction of sp³-hybridized carbons (Fsp3) is 0.364. The first-order valence-corrected chi connectivity index (χ1v) is 5.79. The van der Waals surface area contributed by atoms with Gasteiger partial charge in [0.2, 0.25) is 0 Å². The SMILES string of the molecule is CC(C)OC1=NC(=O)CN1/N=C/c1ccc([N+](=O)[O-])o1. The maximum absolute atomic E-state index is 11.3. The number of nitro groups is 1. The van der Waals surface area contributed by atoms with E-state index in [1.807, 2.05) is 0 Å². The van der Waals surface area contributed by atoms with E-state index < -0.39 is 4.92 Å². The fourth-order valence-corrected chi connectivity index (χ4v) is 1.42. The summed E-state index contributed by atoms with van der Waals surface area (Å²) < 4.78 is 10.2. The zero-order valence-corrected chi connectivity index (χ0v) is 10.8. The number of nitrogens with zero attached hydrogens (tertiary/aromatic N) is 4. The molecule has 1 aliphatic heterocycles. The van der Waals surface area contributed by atoms with Crippen LogP contribution in [-0.2, 0) is 9.53 Å². The minimum atomic E-state index is -0.647. The summed E-state index contributed by atoms with van der Waals surface area (Å²) in [5.74, 6) is -0.556. The molecular weight excluding hydrogens is 268 g/mol. The van der Waals surface area contributed by atoms with E-state index in [1.54, 1.807) is 13.8 Å². The van der Waals surface area contributed by atoms with Crippen molar-refractivity contribution in [1.82, 2.24) is 5.01 Å². The second-order valence-electron chi connectivity index (χ2n) is 4.19. The van der Waals surface area contributed by atoms with E-state index in [-0.39, 0.29) is 36.2 Å². The summed E-state index contributed by atoms with van der Waals surface area (Å²) in [6.07, 6.45) is 1.10. The Hall–Kier alpha value is -2.71. The van der Waals surface area contributed by atoms with E-state index in [4.69, 9.17) is 9.15 Å². The molecular formula is C11H12N4O5. The van der Waals surface area contributed by atoms with Crippen molar-refractivity contribution in [3.63, 3.8) is 0 Å². The Kier molecular flexibility index (Phi) is 3.78. The highest BCUT2D eigenvalue weighted by Crippen LogP contribution is 2.14. The van der Waals surface area contributed by atoms with Gasteiger partial charge in [-0.25, -0.2) is 5.01 Å². The lowest BCUT2D eigenvalue weighted by Crippen LogP contribution is -2.27. The van der Waals surface area contributed by atoms with Gasteiger partial charge in [0.25, 0.3) is 5.91 Å². The maximum Gasteiger partial charge on any atom is 0.433 e. The Bertz CT molecular complexity index is 589. The topological polar surface area (TPSA) is 111 Å². The van der Waals surface area contributed by atoms with E-state index >= 15 is 0 Å². The first-order chi connectivity index (χ1) is 9.45. The van der Waals surface area contributed by atoms with Crippen molar-refractivity contribution in [1.29, 1.82) is 0 Å². The van der Waals surface area contributed by atoms with Gasteiger partial charge < -0.3 is 9.15 Å². The van der Waals surface area contributed by atoms with Crippen molar-refractivity contribution in [2.75, 3.05) is 6.54 Å². The molecule has 0 fully saturated rings. The van der Waals surface area contributed by atoms with Crippen molar-refractivity contribution in [3.8, 4) is 0 Å². The number of aliphatic imine (C=N–C) groups is 1. The van der Waals surface area contributed by atoms with Gasteiger partial charge in [0, 0.05) is 0 Å². The van der Waals surface area contributed by atoms with E-state index in [2.05, 4.69) is 10.1 Å². The third kappa shape index (κ3) is 3.19. The number of furan rings is 1. The molecule has 0 radical (unpaired) electrons. The van der Waals surface area contributed by atoms with Crippen molar-refractivity contribution in [2.24, 2.45) is 10.1 Å². The Morgan fingerprint density at radius 3 is 2.95 bits per heavy atom. The van der Waals surface area contributed by atoms with Gasteiger partial charge in [-0.1, -0.05) is 0 Å². The number of rotatable bonds is 4. The molecule has 1 aliphatic rings. The molecule has 1 aromatic heterocycles. The highest BCUT2D eigenvalue weighted by molar-refractivity contribution is 5.98. The Labute approximate surface area is 113 Å². The Balaban J connectivity index is 2.08. The lowest BCUT2D eigenvalue weighted by molar-refractivity contribution is -0.402. The maximum atomic E-state index is 11.3.